The number of benzene rings is 1. The predicted molar refractivity (Wildman–Crippen MR) is 85.1 cm³/mol. The summed E-state index contributed by atoms with van der Waals surface area (Å²) in [5.74, 6) is 1.88. The summed E-state index contributed by atoms with van der Waals surface area (Å²) in [7, 11) is 0. The van der Waals surface area contributed by atoms with Gasteiger partial charge in [0.1, 0.15) is 0 Å². The second-order valence-corrected chi connectivity index (χ2v) is 6.16. The van der Waals surface area contributed by atoms with E-state index in [0.717, 1.165) is 30.0 Å². The van der Waals surface area contributed by atoms with Crippen LogP contribution in [0.1, 0.15) is 51.0 Å². The van der Waals surface area contributed by atoms with Crippen LogP contribution in [0.2, 0.25) is 0 Å². The molecule has 1 heterocycles. The summed E-state index contributed by atoms with van der Waals surface area (Å²) in [6.45, 7) is 3.21. The molecule has 1 amide bonds. The van der Waals surface area contributed by atoms with Crippen molar-refractivity contribution in [2.75, 3.05) is 13.3 Å². The highest BCUT2D eigenvalue weighted by Crippen LogP contribution is 2.33. The van der Waals surface area contributed by atoms with Crippen LogP contribution in [0.5, 0.6) is 11.5 Å². The van der Waals surface area contributed by atoms with Crippen molar-refractivity contribution in [1.29, 1.82) is 0 Å². The lowest BCUT2D eigenvalue weighted by Crippen LogP contribution is -2.41. The summed E-state index contributed by atoms with van der Waals surface area (Å²) in [6.07, 6.45) is 7.52. The molecule has 1 fully saturated rings. The lowest BCUT2D eigenvalue weighted by Gasteiger charge is -2.33. The molecule has 22 heavy (non-hydrogen) atoms. The first-order valence-corrected chi connectivity index (χ1v) is 8.46. The molecule has 0 unspecified atom stereocenters. The standard InChI is InChI=1S/C18H25NO3/c1-2-19(15-6-4-3-5-7-15)18(20)11-9-14-8-10-16-17(12-14)22-13-21-16/h8,10,12,15H,2-7,9,11,13H2,1H3. The molecule has 0 N–H and O–H groups in total. The Balaban J connectivity index is 1.56. The van der Waals surface area contributed by atoms with Crippen LogP contribution in [0.25, 0.3) is 0 Å². The summed E-state index contributed by atoms with van der Waals surface area (Å²) in [5, 5.41) is 0. The summed E-state index contributed by atoms with van der Waals surface area (Å²) in [5.41, 5.74) is 1.14. The molecule has 0 spiro atoms. The van der Waals surface area contributed by atoms with Crippen molar-refractivity contribution in [1.82, 2.24) is 4.90 Å². The van der Waals surface area contributed by atoms with Gasteiger partial charge in [-0.1, -0.05) is 25.3 Å². The topological polar surface area (TPSA) is 38.8 Å². The Hall–Kier alpha value is -1.71. The van der Waals surface area contributed by atoms with Crippen LogP contribution in [-0.2, 0) is 11.2 Å². The van der Waals surface area contributed by atoms with E-state index in [1.165, 1.54) is 32.1 Å². The molecule has 2 aliphatic rings. The highest BCUT2D eigenvalue weighted by atomic mass is 16.7. The molecule has 120 valence electrons. The maximum atomic E-state index is 12.6. The van der Waals surface area contributed by atoms with E-state index in [2.05, 4.69) is 11.8 Å². The Kier molecular flexibility index (Phi) is 4.86. The fourth-order valence-corrected chi connectivity index (χ4v) is 3.52. The zero-order valence-corrected chi connectivity index (χ0v) is 13.3. The van der Waals surface area contributed by atoms with Gasteiger partial charge in [-0.3, -0.25) is 4.79 Å². The van der Waals surface area contributed by atoms with Crippen molar-refractivity contribution in [2.24, 2.45) is 0 Å². The van der Waals surface area contributed by atoms with E-state index in [1.54, 1.807) is 0 Å². The van der Waals surface area contributed by atoms with Gasteiger partial charge in [-0.15, -0.1) is 0 Å². The number of amides is 1. The first-order valence-electron chi connectivity index (χ1n) is 8.46. The van der Waals surface area contributed by atoms with Crippen molar-refractivity contribution in [3.8, 4) is 11.5 Å². The lowest BCUT2D eigenvalue weighted by molar-refractivity contribution is -0.133. The number of hydrogen-bond donors (Lipinski definition) is 0. The van der Waals surface area contributed by atoms with Gasteiger partial charge in [-0.2, -0.15) is 0 Å². The van der Waals surface area contributed by atoms with Crippen LogP contribution in [-0.4, -0.2) is 30.2 Å². The van der Waals surface area contributed by atoms with Crippen molar-refractivity contribution >= 4 is 5.91 Å². The van der Waals surface area contributed by atoms with Crippen molar-refractivity contribution < 1.29 is 14.3 Å². The Morgan fingerprint density at radius 1 is 1.18 bits per heavy atom. The number of carbonyl (C=O) groups excluding carboxylic acids is 1. The van der Waals surface area contributed by atoms with Gasteiger partial charge in [0.15, 0.2) is 11.5 Å². The van der Waals surface area contributed by atoms with Crippen LogP contribution < -0.4 is 9.47 Å². The Morgan fingerprint density at radius 3 is 2.73 bits per heavy atom. The quantitative estimate of drug-likeness (QED) is 0.835. The van der Waals surface area contributed by atoms with Crippen LogP contribution in [0, 0.1) is 0 Å². The van der Waals surface area contributed by atoms with Gasteiger partial charge in [0, 0.05) is 19.0 Å². The normalized spacial score (nSPS) is 17.5. The molecular formula is C18H25NO3. The lowest BCUT2D eigenvalue weighted by atomic mass is 9.94. The second-order valence-electron chi connectivity index (χ2n) is 6.16. The van der Waals surface area contributed by atoms with Crippen molar-refractivity contribution in [3.63, 3.8) is 0 Å². The van der Waals surface area contributed by atoms with E-state index in [0.29, 0.717) is 19.3 Å². The molecule has 1 saturated carbocycles. The number of hydrogen-bond acceptors (Lipinski definition) is 3. The fourth-order valence-electron chi connectivity index (χ4n) is 3.52. The van der Waals surface area contributed by atoms with E-state index < -0.39 is 0 Å². The Morgan fingerprint density at radius 2 is 1.95 bits per heavy atom. The fraction of sp³-hybridized carbons (Fsp3) is 0.611. The van der Waals surface area contributed by atoms with E-state index in [-0.39, 0.29) is 5.91 Å². The van der Waals surface area contributed by atoms with Gasteiger partial charge >= 0.3 is 0 Å². The third-order valence-electron chi connectivity index (χ3n) is 4.74. The summed E-state index contributed by atoms with van der Waals surface area (Å²) < 4.78 is 10.7. The molecule has 4 heteroatoms. The highest BCUT2D eigenvalue weighted by molar-refractivity contribution is 5.76. The number of aryl methyl sites for hydroxylation is 1. The zero-order chi connectivity index (χ0) is 15.4. The van der Waals surface area contributed by atoms with Crippen LogP contribution in [0.15, 0.2) is 18.2 Å². The number of fused-ring (bicyclic) bond motifs is 1. The number of nitrogens with zero attached hydrogens (tertiary/aromatic N) is 1. The highest BCUT2D eigenvalue weighted by Gasteiger charge is 2.23. The SMILES string of the molecule is CCN(C(=O)CCc1ccc2c(c1)OCO2)C1CCCCC1. The second kappa shape index (κ2) is 7.03. The molecule has 1 aliphatic carbocycles. The van der Waals surface area contributed by atoms with Crippen LogP contribution in [0.3, 0.4) is 0 Å². The monoisotopic (exact) mass is 303 g/mol. The molecule has 0 radical (unpaired) electrons. The van der Waals surface area contributed by atoms with Crippen molar-refractivity contribution in [2.45, 2.75) is 57.9 Å². The molecule has 1 aromatic rings. The van der Waals surface area contributed by atoms with Gasteiger partial charge in [0.25, 0.3) is 0 Å². The summed E-state index contributed by atoms with van der Waals surface area (Å²) in [4.78, 5) is 14.6. The molecule has 1 aliphatic heterocycles. The number of carbonyl (C=O) groups is 1. The third-order valence-corrected chi connectivity index (χ3v) is 4.74. The third kappa shape index (κ3) is 3.37. The van der Waals surface area contributed by atoms with Gasteiger partial charge < -0.3 is 14.4 Å². The van der Waals surface area contributed by atoms with E-state index in [1.807, 2.05) is 18.2 Å². The van der Waals surface area contributed by atoms with E-state index in [4.69, 9.17) is 9.47 Å². The minimum absolute atomic E-state index is 0.284. The van der Waals surface area contributed by atoms with Gasteiger partial charge in [0.2, 0.25) is 12.7 Å². The predicted octanol–water partition coefficient (Wildman–Crippen LogP) is 3.53. The van der Waals surface area contributed by atoms with Gasteiger partial charge in [0.05, 0.1) is 0 Å². The number of ether oxygens (including phenoxy) is 2. The molecule has 0 atom stereocenters. The average Bonchev–Trinajstić information content (AvgIpc) is 3.02. The average molecular weight is 303 g/mol. The molecule has 0 aromatic heterocycles. The van der Waals surface area contributed by atoms with Crippen LogP contribution in [0.4, 0.5) is 0 Å². The molecular weight excluding hydrogens is 278 g/mol. The van der Waals surface area contributed by atoms with Gasteiger partial charge in [-0.25, -0.2) is 0 Å². The van der Waals surface area contributed by atoms with Gasteiger partial charge in [-0.05, 0) is 43.9 Å². The summed E-state index contributed by atoms with van der Waals surface area (Å²) in [6, 6.07) is 6.41. The van der Waals surface area contributed by atoms with E-state index in [9.17, 15) is 4.79 Å². The number of rotatable bonds is 5. The molecule has 3 rings (SSSR count). The molecule has 1 aromatic carbocycles. The minimum Gasteiger partial charge on any atom is -0.454 e. The Bertz CT molecular complexity index is 523. The molecule has 0 bridgehead atoms. The minimum atomic E-state index is 0.284. The first kappa shape index (κ1) is 15.2. The largest absolute Gasteiger partial charge is 0.454 e. The maximum absolute atomic E-state index is 12.6. The molecule has 4 nitrogen and oxygen atoms in total. The van der Waals surface area contributed by atoms with Crippen LogP contribution >= 0.6 is 0 Å². The summed E-state index contributed by atoms with van der Waals surface area (Å²) >= 11 is 0. The first-order chi connectivity index (χ1) is 10.8. The smallest absolute Gasteiger partial charge is 0.231 e. The molecule has 0 saturated heterocycles. The Labute approximate surface area is 132 Å². The zero-order valence-electron chi connectivity index (χ0n) is 13.3. The van der Waals surface area contributed by atoms with Crippen molar-refractivity contribution in [3.05, 3.63) is 23.8 Å². The van der Waals surface area contributed by atoms with E-state index >= 15 is 0 Å². The maximum Gasteiger partial charge on any atom is 0.231 e.